The van der Waals surface area contributed by atoms with Gasteiger partial charge in [-0.3, -0.25) is 14.4 Å². The highest BCUT2D eigenvalue weighted by Crippen LogP contribution is 2.24. The molecule has 0 saturated heterocycles. The maximum atomic E-state index is 13.3. The van der Waals surface area contributed by atoms with Crippen LogP contribution in [-0.2, 0) is 9.59 Å². The van der Waals surface area contributed by atoms with Crippen molar-refractivity contribution in [3.05, 3.63) is 130 Å². The number of hydrogen-bond acceptors (Lipinski definition) is 4. The average molecular weight is 570 g/mol. The third kappa shape index (κ3) is 8.09. The van der Waals surface area contributed by atoms with Crippen molar-refractivity contribution in [3.8, 4) is 0 Å². The number of nitrogens with one attached hydrogen (secondary N) is 3. The van der Waals surface area contributed by atoms with Crippen LogP contribution in [0.5, 0.6) is 0 Å². The molecule has 0 aliphatic carbocycles. The zero-order valence-corrected chi connectivity index (χ0v) is 23.6. The van der Waals surface area contributed by atoms with E-state index in [2.05, 4.69) is 16.0 Å². The predicted octanol–water partition coefficient (Wildman–Crippen LogP) is 7.10. The first-order valence-corrected chi connectivity index (χ1v) is 13.9. The third-order valence-electron chi connectivity index (χ3n) is 5.90. The zero-order valence-electron chi connectivity index (χ0n) is 22.0. The Labute approximate surface area is 242 Å². The van der Waals surface area contributed by atoms with Crippen molar-refractivity contribution in [3.63, 3.8) is 0 Å². The van der Waals surface area contributed by atoms with Crippen LogP contribution in [0, 0.1) is 13.8 Å². The zero-order chi connectivity index (χ0) is 28.5. The van der Waals surface area contributed by atoms with E-state index in [1.165, 1.54) is 11.8 Å². The molecule has 0 heterocycles. The Bertz CT molecular complexity index is 1550. The SMILES string of the molecule is Cc1cccc(C)c1NC(=O)CSc1cccc(NC(=O)/C(=C/c2cccc(Cl)c2)NC(=O)c2ccccc2)c1. The van der Waals surface area contributed by atoms with Crippen molar-refractivity contribution < 1.29 is 14.4 Å². The number of rotatable bonds is 9. The van der Waals surface area contributed by atoms with Gasteiger partial charge in [-0.05, 0) is 79.1 Å². The van der Waals surface area contributed by atoms with Gasteiger partial charge in [0.15, 0.2) is 0 Å². The minimum atomic E-state index is -0.501. The topological polar surface area (TPSA) is 87.3 Å². The Kier molecular flexibility index (Phi) is 9.78. The molecule has 0 fully saturated rings. The summed E-state index contributed by atoms with van der Waals surface area (Å²) in [7, 11) is 0. The molecule has 6 nitrogen and oxygen atoms in total. The summed E-state index contributed by atoms with van der Waals surface area (Å²) in [6, 6.07) is 28.7. The number of benzene rings is 4. The second-order valence-electron chi connectivity index (χ2n) is 9.02. The van der Waals surface area contributed by atoms with Crippen molar-refractivity contribution in [1.29, 1.82) is 0 Å². The summed E-state index contributed by atoms with van der Waals surface area (Å²) in [5.74, 6) is -0.826. The fourth-order valence-corrected chi connectivity index (χ4v) is 4.86. The number of thioether (sulfide) groups is 1. The Morgan fingerprint density at radius 1 is 0.800 bits per heavy atom. The second-order valence-corrected chi connectivity index (χ2v) is 10.5. The number of amides is 3. The summed E-state index contributed by atoms with van der Waals surface area (Å²) >= 11 is 7.48. The molecule has 4 rings (SSSR count). The Morgan fingerprint density at radius 2 is 1.50 bits per heavy atom. The summed E-state index contributed by atoms with van der Waals surface area (Å²) in [5.41, 5.74) is 4.49. The number of carbonyl (C=O) groups is 3. The van der Waals surface area contributed by atoms with Crippen LogP contribution in [0.3, 0.4) is 0 Å². The molecule has 3 N–H and O–H groups in total. The molecule has 0 aliphatic rings. The molecule has 40 heavy (non-hydrogen) atoms. The van der Waals surface area contributed by atoms with Gasteiger partial charge in [0, 0.05) is 26.9 Å². The van der Waals surface area contributed by atoms with E-state index in [0.717, 1.165) is 21.7 Å². The van der Waals surface area contributed by atoms with Crippen LogP contribution >= 0.6 is 23.4 Å². The first-order valence-electron chi connectivity index (χ1n) is 12.5. The van der Waals surface area contributed by atoms with Gasteiger partial charge in [-0.25, -0.2) is 0 Å². The molecule has 0 unspecified atom stereocenters. The molecule has 3 amide bonds. The number of para-hydroxylation sites is 1. The molecule has 0 bridgehead atoms. The second kappa shape index (κ2) is 13.6. The molecule has 0 atom stereocenters. The Balaban J connectivity index is 1.46. The van der Waals surface area contributed by atoms with Crippen LogP contribution in [0.2, 0.25) is 5.02 Å². The number of aryl methyl sites for hydroxylation is 2. The van der Waals surface area contributed by atoms with E-state index in [9.17, 15) is 14.4 Å². The van der Waals surface area contributed by atoms with Gasteiger partial charge >= 0.3 is 0 Å². The summed E-state index contributed by atoms with van der Waals surface area (Å²) < 4.78 is 0. The van der Waals surface area contributed by atoms with Crippen molar-refractivity contribution >= 4 is 58.5 Å². The summed E-state index contributed by atoms with van der Waals surface area (Å²) in [5, 5.41) is 9.06. The van der Waals surface area contributed by atoms with Crippen LogP contribution in [0.1, 0.15) is 27.0 Å². The van der Waals surface area contributed by atoms with Crippen molar-refractivity contribution in [2.75, 3.05) is 16.4 Å². The van der Waals surface area contributed by atoms with E-state index in [-0.39, 0.29) is 17.4 Å². The normalized spacial score (nSPS) is 11.0. The van der Waals surface area contributed by atoms with Gasteiger partial charge in [0.25, 0.3) is 11.8 Å². The number of hydrogen-bond donors (Lipinski definition) is 3. The Morgan fingerprint density at radius 3 is 2.23 bits per heavy atom. The molecule has 0 aromatic heterocycles. The highest BCUT2D eigenvalue weighted by atomic mass is 35.5. The summed E-state index contributed by atoms with van der Waals surface area (Å²) in [6.07, 6.45) is 1.57. The first-order chi connectivity index (χ1) is 19.3. The van der Waals surface area contributed by atoms with Crippen LogP contribution in [0.25, 0.3) is 6.08 Å². The van der Waals surface area contributed by atoms with E-state index in [4.69, 9.17) is 11.6 Å². The molecular weight excluding hydrogens is 542 g/mol. The molecular formula is C32H28ClN3O3S. The molecule has 4 aromatic rings. The largest absolute Gasteiger partial charge is 0.325 e. The number of anilines is 2. The molecule has 0 radical (unpaired) electrons. The molecule has 0 spiro atoms. The van der Waals surface area contributed by atoms with Crippen LogP contribution in [0.4, 0.5) is 11.4 Å². The first kappa shape index (κ1) is 28.7. The lowest BCUT2D eigenvalue weighted by Crippen LogP contribution is -2.30. The van der Waals surface area contributed by atoms with E-state index < -0.39 is 11.8 Å². The van der Waals surface area contributed by atoms with Crippen molar-refractivity contribution in [2.45, 2.75) is 18.7 Å². The third-order valence-corrected chi connectivity index (χ3v) is 7.12. The van der Waals surface area contributed by atoms with Gasteiger partial charge in [0.05, 0.1) is 5.75 Å². The van der Waals surface area contributed by atoms with Gasteiger partial charge in [0.1, 0.15) is 5.70 Å². The summed E-state index contributed by atoms with van der Waals surface area (Å²) in [6.45, 7) is 3.92. The van der Waals surface area contributed by atoms with Crippen LogP contribution in [0.15, 0.2) is 108 Å². The lowest BCUT2D eigenvalue weighted by molar-refractivity contribution is -0.114. The number of carbonyl (C=O) groups excluding carboxylic acids is 3. The van der Waals surface area contributed by atoms with E-state index in [1.54, 1.807) is 72.8 Å². The van der Waals surface area contributed by atoms with E-state index in [0.29, 0.717) is 21.8 Å². The molecule has 4 aromatic carbocycles. The molecule has 0 aliphatic heterocycles. The van der Waals surface area contributed by atoms with Crippen molar-refractivity contribution in [1.82, 2.24) is 5.32 Å². The minimum absolute atomic E-state index is 0.0576. The maximum absolute atomic E-state index is 13.3. The van der Waals surface area contributed by atoms with Gasteiger partial charge in [0.2, 0.25) is 5.91 Å². The van der Waals surface area contributed by atoms with Gasteiger partial charge in [-0.15, -0.1) is 11.8 Å². The highest BCUT2D eigenvalue weighted by molar-refractivity contribution is 8.00. The number of halogens is 1. The monoisotopic (exact) mass is 569 g/mol. The molecule has 202 valence electrons. The fraction of sp³-hybridized carbons (Fsp3) is 0.0938. The predicted molar refractivity (Wildman–Crippen MR) is 164 cm³/mol. The van der Waals surface area contributed by atoms with Crippen molar-refractivity contribution in [2.24, 2.45) is 0 Å². The lowest BCUT2D eigenvalue weighted by atomic mass is 10.1. The van der Waals surface area contributed by atoms with E-state index in [1.807, 2.05) is 44.2 Å². The fourth-order valence-electron chi connectivity index (χ4n) is 3.90. The average Bonchev–Trinajstić information content (AvgIpc) is 2.94. The van der Waals surface area contributed by atoms with Gasteiger partial charge < -0.3 is 16.0 Å². The van der Waals surface area contributed by atoms with Crippen LogP contribution < -0.4 is 16.0 Å². The quantitative estimate of drug-likeness (QED) is 0.148. The molecule has 8 heteroatoms. The summed E-state index contributed by atoms with van der Waals surface area (Å²) in [4.78, 5) is 39.6. The standard InChI is InChI=1S/C32H28ClN3O3S/c1-21-9-6-10-22(2)30(21)36-29(37)20-40-27-16-8-15-26(19-27)34-32(39)28(18-23-11-7-14-25(33)17-23)35-31(38)24-12-4-3-5-13-24/h3-19H,20H2,1-2H3,(H,34,39)(H,35,38)(H,36,37)/b28-18-. The van der Waals surface area contributed by atoms with Gasteiger partial charge in [-0.2, -0.15) is 0 Å². The van der Waals surface area contributed by atoms with Crippen LogP contribution in [-0.4, -0.2) is 23.5 Å². The Hall–Kier alpha value is -4.33. The minimum Gasteiger partial charge on any atom is -0.325 e. The van der Waals surface area contributed by atoms with Gasteiger partial charge in [-0.1, -0.05) is 66.2 Å². The van der Waals surface area contributed by atoms with E-state index >= 15 is 0 Å². The maximum Gasteiger partial charge on any atom is 0.272 e. The highest BCUT2D eigenvalue weighted by Gasteiger charge is 2.16. The lowest BCUT2D eigenvalue weighted by Gasteiger charge is -2.13. The molecule has 0 saturated carbocycles. The smallest absolute Gasteiger partial charge is 0.272 e.